The molecule has 0 radical (unpaired) electrons. The van der Waals surface area contributed by atoms with Crippen LogP contribution in [0.15, 0.2) is 11.4 Å². The van der Waals surface area contributed by atoms with E-state index >= 15 is 0 Å². The Morgan fingerprint density at radius 1 is 1.55 bits per heavy atom. The minimum Gasteiger partial charge on any atom is -0.481 e. The first-order valence-electron chi connectivity index (χ1n) is 7.05. The van der Waals surface area contributed by atoms with Crippen LogP contribution in [0.4, 0.5) is 0 Å². The minimum atomic E-state index is -0.798. The Balaban J connectivity index is 2.20. The Labute approximate surface area is 124 Å². The number of aliphatic carboxylic acids is 1. The Hall–Kier alpha value is -1.01. The van der Waals surface area contributed by atoms with E-state index < -0.39 is 5.97 Å². The van der Waals surface area contributed by atoms with Crippen LogP contribution in [-0.4, -0.2) is 50.9 Å². The third-order valence-electron chi connectivity index (χ3n) is 4.27. The number of hydrogen-bond acceptors (Lipinski definition) is 4. The lowest BCUT2D eigenvalue weighted by Crippen LogP contribution is -2.53. The van der Waals surface area contributed by atoms with Gasteiger partial charge in [-0.25, -0.2) is 4.98 Å². The summed E-state index contributed by atoms with van der Waals surface area (Å²) in [6.07, 6.45) is 6.47. The summed E-state index contributed by atoms with van der Waals surface area (Å²) in [5, 5.41) is 9.67. The lowest BCUT2D eigenvalue weighted by atomic mass is 9.75. The molecule has 1 fully saturated rings. The molecule has 112 valence electrons. The molecule has 6 heteroatoms. The van der Waals surface area contributed by atoms with Crippen molar-refractivity contribution in [3.05, 3.63) is 11.9 Å². The second kappa shape index (κ2) is 6.18. The van der Waals surface area contributed by atoms with Gasteiger partial charge in [0.15, 0.2) is 5.16 Å². The zero-order valence-electron chi connectivity index (χ0n) is 12.4. The van der Waals surface area contributed by atoms with Crippen molar-refractivity contribution >= 4 is 17.7 Å². The fourth-order valence-corrected chi connectivity index (χ4v) is 3.43. The van der Waals surface area contributed by atoms with Gasteiger partial charge in [0.05, 0.1) is 5.75 Å². The first-order valence-corrected chi connectivity index (χ1v) is 8.03. The predicted octanol–water partition coefficient (Wildman–Crippen LogP) is 2.11. The Kier molecular flexibility index (Phi) is 4.75. The van der Waals surface area contributed by atoms with Crippen LogP contribution < -0.4 is 0 Å². The molecule has 1 aliphatic rings. The van der Waals surface area contributed by atoms with Crippen LogP contribution in [0.5, 0.6) is 0 Å². The average Bonchev–Trinajstić information content (AvgIpc) is 2.72. The molecule has 0 aromatic carbocycles. The van der Waals surface area contributed by atoms with Crippen LogP contribution in [0.1, 0.15) is 31.9 Å². The molecule has 0 atom stereocenters. The summed E-state index contributed by atoms with van der Waals surface area (Å²) in [5.41, 5.74) is 1.40. The van der Waals surface area contributed by atoms with E-state index in [0.717, 1.165) is 18.1 Å². The number of carboxylic acids is 1. The van der Waals surface area contributed by atoms with E-state index in [4.69, 9.17) is 5.11 Å². The number of carbonyl (C=O) groups is 1. The van der Waals surface area contributed by atoms with Crippen LogP contribution >= 0.6 is 11.8 Å². The molecule has 0 amide bonds. The van der Waals surface area contributed by atoms with Crippen molar-refractivity contribution in [1.29, 1.82) is 0 Å². The Bertz CT molecular complexity index is 481. The molecular formula is C14H23N3O2S. The van der Waals surface area contributed by atoms with Crippen molar-refractivity contribution in [2.75, 3.05) is 19.8 Å². The normalized spacial score (nSPS) is 17.2. The van der Waals surface area contributed by atoms with E-state index in [0.29, 0.717) is 0 Å². The van der Waals surface area contributed by atoms with Crippen molar-refractivity contribution in [2.24, 2.45) is 0 Å². The largest absolute Gasteiger partial charge is 0.481 e. The maximum atomic E-state index is 10.8. The van der Waals surface area contributed by atoms with E-state index in [2.05, 4.69) is 35.5 Å². The van der Waals surface area contributed by atoms with Gasteiger partial charge in [0.1, 0.15) is 0 Å². The van der Waals surface area contributed by atoms with E-state index in [1.54, 1.807) is 0 Å². The van der Waals surface area contributed by atoms with E-state index in [1.807, 2.05) is 6.20 Å². The smallest absolute Gasteiger partial charge is 0.313 e. The van der Waals surface area contributed by atoms with Crippen molar-refractivity contribution < 1.29 is 9.90 Å². The zero-order valence-corrected chi connectivity index (χ0v) is 13.2. The summed E-state index contributed by atoms with van der Waals surface area (Å²) in [4.78, 5) is 17.5. The molecule has 0 spiro atoms. The van der Waals surface area contributed by atoms with Gasteiger partial charge in [0.2, 0.25) is 0 Å². The van der Waals surface area contributed by atoms with E-state index in [9.17, 15) is 4.79 Å². The Morgan fingerprint density at radius 3 is 2.70 bits per heavy atom. The van der Waals surface area contributed by atoms with Gasteiger partial charge in [0.25, 0.3) is 0 Å². The zero-order chi connectivity index (χ0) is 14.8. The van der Waals surface area contributed by atoms with Crippen molar-refractivity contribution in [3.63, 3.8) is 0 Å². The van der Waals surface area contributed by atoms with Crippen LogP contribution in [0.3, 0.4) is 0 Å². The lowest BCUT2D eigenvalue weighted by Gasteiger charge is -2.48. The highest BCUT2D eigenvalue weighted by molar-refractivity contribution is 7.99. The number of aromatic nitrogens is 2. The highest BCUT2D eigenvalue weighted by atomic mass is 32.2. The van der Waals surface area contributed by atoms with Gasteiger partial charge in [-0.2, -0.15) is 0 Å². The number of hydrogen-bond donors (Lipinski definition) is 1. The molecular weight excluding hydrogens is 274 g/mol. The van der Waals surface area contributed by atoms with Gasteiger partial charge < -0.3 is 14.6 Å². The SMILES string of the molecule is CCc1cnc(SCC(=O)O)n1CC1(N(C)C)CCC1. The molecule has 1 N–H and O–H groups in total. The first kappa shape index (κ1) is 15.4. The molecule has 1 aliphatic carbocycles. The first-order chi connectivity index (χ1) is 9.48. The number of likely N-dealkylation sites (N-methyl/N-ethyl adjacent to an activating group) is 1. The van der Waals surface area contributed by atoms with Crippen molar-refractivity contribution in [1.82, 2.24) is 14.5 Å². The standard InChI is InChI=1S/C14H23N3O2S/c1-4-11-8-15-13(20-9-12(18)19)17(11)10-14(16(2)3)6-5-7-14/h8H,4-7,9-10H2,1-3H3,(H,18,19). The third-order valence-corrected chi connectivity index (χ3v) is 5.25. The topological polar surface area (TPSA) is 58.4 Å². The molecule has 20 heavy (non-hydrogen) atoms. The van der Waals surface area contributed by atoms with Crippen LogP contribution in [0, 0.1) is 0 Å². The van der Waals surface area contributed by atoms with Gasteiger partial charge in [-0.3, -0.25) is 4.79 Å². The lowest BCUT2D eigenvalue weighted by molar-refractivity contribution is -0.133. The monoisotopic (exact) mass is 297 g/mol. The quantitative estimate of drug-likeness (QED) is 0.781. The molecule has 2 rings (SSSR count). The van der Waals surface area contributed by atoms with Gasteiger partial charge in [-0.05, 0) is 39.8 Å². The van der Waals surface area contributed by atoms with Crippen LogP contribution in [0.25, 0.3) is 0 Å². The summed E-state index contributed by atoms with van der Waals surface area (Å²) in [5.74, 6) is -0.733. The maximum Gasteiger partial charge on any atom is 0.313 e. The predicted molar refractivity (Wildman–Crippen MR) is 80.2 cm³/mol. The molecule has 0 bridgehead atoms. The molecule has 1 aromatic heterocycles. The van der Waals surface area contributed by atoms with E-state index in [1.165, 1.54) is 36.7 Å². The summed E-state index contributed by atoms with van der Waals surface area (Å²) in [7, 11) is 4.26. The summed E-state index contributed by atoms with van der Waals surface area (Å²) < 4.78 is 2.22. The molecule has 0 unspecified atom stereocenters. The number of thioether (sulfide) groups is 1. The highest BCUT2D eigenvalue weighted by Gasteiger charge is 2.40. The number of rotatable bonds is 7. The number of carboxylic acid groups (broad SMARTS) is 1. The van der Waals surface area contributed by atoms with E-state index in [-0.39, 0.29) is 11.3 Å². The fraction of sp³-hybridized carbons (Fsp3) is 0.714. The Morgan fingerprint density at radius 2 is 2.25 bits per heavy atom. The fourth-order valence-electron chi connectivity index (χ4n) is 2.71. The second-order valence-electron chi connectivity index (χ2n) is 5.63. The highest BCUT2D eigenvalue weighted by Crippen LogP contribution is 2.38. The van der Waals surface area contributed by atoms with Gasteiger partial charge in [-0.1, -0.05) is 18.7 Å². The molecule has 1 heterocycles. The van der Waals surface area contributed by atoms with Gasteiger partial charge in [-0.15, -0.1) is 0 Å². The molecule has 0 saturated heterocycles. The third kappa shape index (κ3) is 3.01. The minimum absolute atomic E-state index is 0.0646. The molecule has 1 aromatic rings. The van der Waals surface area contributed by atoms with Gasteiger partial charge in [0, 0.05) is 24.0 Å². The van der Waals surface area contributed by atoms with Crippen molar-refractivity contribution in [2.45, 2.75) is 49.8 Å². The molecule has 0 aliphatic heterocycles. The van der Waals surface area contributed by atoms with Gasteiger partial charge >= 0.3 is 5.97 Å². The van der Waals surface area contributed by atoms with Crippen molar-refractivity contribution in [3.8, 4) is 0 Å². The summed E-state index contributed by atoms with van der Waals surface area (Å²) in [6.45, 7) is 3.02. The van der Waals surface area contributed by atoms with Crippen LogP contribution in [-0.2, 0) is 17.8 Å². The molecule has 5 nitrogen and oxygen atoms in total. The number of aryl methyl sites for hydroxylation is 1. The summed E-state index contributed by atoms with van der Waals surface area (Å²) >= 11 is 1.31. The van der Waals surface area contributed by atoms with Crippen LogP contribution in [0.2, 0.25) is 0 Å². The number of imidazole rings is 1. The number of nitrogens with zero attached hydrogens (tertiary/aromatic N) is 3. The maximum absolute atomic E-state index is 10.8. The second-order valence-corrected chi connectivity index (χ2v) is 6.57. The molecule has 1 saturated carbocycles. The average molecular weight is 297 g/mol. The summed E-state index contributed by atoms with van der Waals surface area (Å²) in [6, 6.07) is 0.